The van der Waals surface area contributed by atoms with Crippen LogP contribution in [0.1, 0.15) is 47.4 Å². The number of piperidine rings is 1. The van der Waals surface area contributed by atoms with E-state index in [9.17, 15) is 14.4 Å². The van der Waals surface area contributed by atoms with Crippen molar-refractivity contribution in [3.05, 3.63) is 59.7 Å². The van der Waals surface area contributed by atoms with Crippen LogP contribution in [0.5, 0.6) is 11.5 Å². The van der Waals surface area contributed by atoms with E-state index in [0.29, 0.717) is 55.1 Å². The van der Waals surface area contributed by atoms with E-state index in [0.717, 1.165) is 0 Å². The summed E-state index contributed by atoms with van der Waals surface area (Å²) in [7, 11) is 3.15. The van der Waals surface area contributed by atoms with E-state index >= 15 is 0 Å². The third-order valence-corrected chi connectivity index (χ3v) is 6.97. The highest BCUT2D eigenvalue weighted by Gasteiger charge is 2.54. The molecule has 1 atom stereocenters. The zero-order chi connectivity index (χ0) is 26.6. The van der Waals surface area contributed by atoms with Gasteiger partial charge in [-0.05, 0) is 54.4 Å². The first-order chi connectivity index (χ1) is 17.8. The summed E-state index contributed by atoms with van der Waals surface area (Å²) in [4.78, 5) is 43.4. The highest BCUT2D eigenvalue weighted by molar-refractivity contribution is 5.99. The molecule has 0 aliphatic carbocycles. The Morgan fingerprint density at radius 3 is 1.92 bits per heavy atom. The van der Waals surface area contributed by atoms with E-state index in [-0.39, 0.29) is 30.2 Å². The van der Waals surface area contributed by atoms with E-state index in [1.54, 1.807) is 72.6 Å². The normalized spacial score (nSPS) is 18.7. The van der Waals surface area contributed by atoms with Gasteiger partial charge in [0.15, 0.2) is 0 Å². The lowest BCUT2D eigenvalue weighted by Crippen LogP contribution is -2.60. The Morgan fingerprint density at radius 1 is 0.919 bits per heavy atom. The minimum absolute atomic E-state index is 0.0882. The van der Waals surface area contributed by atoms with Gasteiger partial charge in [-0.3, -0.25) is 19.3 Å². The summed E-state index contributed by atoms with van der Waals surface area (Å²) in [6, 6.07) is 13.1. The average Bonchev–Trinajstić information content (AvgIpc) is 3.29. The summed E-state index contributed by atoms with van der Waals surface area (Å²) in [5.41, 5.74) is 0.0540. The first-order valence-corrected chi connectivity index (χ1v) is 12.6. The number of nitrogens with zero attached hydrogens (tertiary/aromatic N) is 2. The predicted molar refractivity (Wildman–Crippen MR) is 138 cm³/mol. The molecule has 2 saturated heterocycles. The van der Waals surface area contributed by atoms with E-state index in [2.05, 4.69) is 5.32 Å². The standard InChI is InChI=1S/C28H35N3O6/c1-19(2)17-29-25(32)24-18-37-28(31(24)27(34)21-7-11-23(36-4)12-8-21)13-15-30(16-14-28)26(33)20-5-9-22(35-3)10-6-20/h5-12,19,24H,13-18H2,1-4H3,(H,29,32). The van der Waals surface area contributed by atoms with Crippen LogP contribution in [0.15, 0.2) is 48.5 Å². The molecule has 1 unspecified atom stereocenters. The molecule has 2 fully saturated rings. The molecule has 2 aliphatic heterocycles. The fourth-order valence-electron chi connectivity index (χ4n) is 4.84. The number of likely N-dealkylation sites (tertiary alicyclic amines) is 1. The van der Waals surface area contributed by atoms with Gasteiger partial charge in [0.2, 0.25) is 5.91 Å². The topological polar surface area (TPSA) is 97.4 Å². The second-order valence-corrected chi connectivity index (χ2v) is 9.84. The van der Waals surface area contributed by atoms with Gasteiger partial charge in [0.1, 0.15) is 23.3 Å². The van der Waals surface area contributed by atoms with E-state index in [4.69, 9.17) is 14.2 Å². The van der Waals surface area contributed by atoms with Gasteiger partial charge in [0.05, 0.1) is 20.8 Å². The molecule has 0 aromatic heterocycles. The van der Waals surface area contributed by atoms with Crippen LogP contribution in [-0.4, -0.2) is 79.7 Å². The van der Waals surface area contributed by atoms with Gasteiger partial charge in [0, 0.05) is 43.6 Å². The van der Waals surface area contributed by atoms with Crippen molar-refractivity contribution in [1.29, 1.82) is 0 Å². The quantitative estimate of drug-likeness (QED) is 0.617. The maximum Gasteiger partial charge on any atom is 0.256 e. The number of ether oxygens (including phenoxy) is 3. The molecule has 37 heavy (non-hydrogen) atoms. The monoisotopic (exact) mass is 509 g/mol. The third kappa shape index (κ3) is 5.56. The molecule has 1 spiro atoms. The van der Waals surface area contributed by atoms with Gasteiger partial charge < -0.3 is 24.4 Å². The van der Waals surface area contributed by atoms with Crippen molar-refractivity contribution in [1.82, 2.24) is 15.1 Å². The van der Waals surface area contributed by atoms with Gasteiger partial charge in [-0.1, -0.05) is 13.8 Å². The SMILES string of the molecule is COc1ccc(C(=O)N2CCC3(CC2)OCC(C(=O)NCC(C)C)N3C(=O)c2ccc(OC)cc2)cc1. The van der Waals surface area contributed by atoms with E-state index < -0.39 is 11.8 Å². The number of benzene rings is 2. The van der Waals surface area contributed by atoms with Crippen LogP contribution in [0.25, 0.3) is 0 Å². The number of rotatable bonds is 7. The molecule has 198 valence electrons. The van der Waals surface area contributed by atoms with Crippen molar-refractivity contribution in [2.45, 2.75) is 38.5 Å². The molecule has 9 nitrogen and oxygen atoms in total. The number of nitrogens with one attached hydrogen (secondary N) is 1. The Labute approximate surface area is 217 Å². The Kier molecular flexibility index (Phi) is 8.02. The molecule has 0 bridgehead atoms. The third-order valence-electron chi connectivity index (χ3n) is 6.97. The van der Waals surface area contributed by atoms with Crippen molar-refractivity contribution in [3.8, 4) is 11.5 Å². The molecule has 9 heteroatoms. The van der Waals surface area contributed by atoms with Gasteiger partial charge in [-0.2, -0.15) is 0 Å². The van der Waals surface area contributed by atoms with Crippen molar-refractivity contribution in [2.75, 3.05) is 40.5 Å². The second kappa shape index (κ2) is 11.2. The highest BCUT2D eigenvalue weighted by Crippen LogP contribution is 2.39. The molecule has 0 radical (unpaired) electrons. The van der Waals surface area contributed by atoms with Gasteiger partial charge in [-0.15, -0.1) is 0 Å². The minimum Gasteiger partial charge on any atom is -0.497 e. The molecular weight excluding hydrogens is 474 g/mol. The average molecular weight is 510 g/mol. The van der Waals surface area contributed by atoms with Crippen LogP contribution in [0.4, 0.5) is 0 Å². The predicted octanol–water partition coefficient (Wildman–Crippen LogP) is 2.95. The highest BCUT2D eigenvalue weighted by atomic mass is 16.5. The Hall–Kier alpha value is -3.59. The number of hydrogen-bond donors (Lipinski definition) is 1. The molecule has 4 rings (SSSR count). The van der Waals surface area contributed by atoms with Gasteiger partial charge >= 0.3 is 0 Å². The Bertz CT molecular complexity index is 1110. The zero-order valence-electron chi connectivity index (χ0n) is 21.9. The molecule has 2 aromatic carbocycles. The number of hydrogen-bond acceptors (Lipinski definition) is 6. The van der Waals surface area contributed by atoms with Crippen molar-refractivity contribution >= 4 is 17.7 Å². The summed E-state index contributed by atoms with van der Waals surface area (Å²) < 4.78 is 16.7. The number of carbonyl (C=O) groups is 3. The smallest absolute Gasteiger partial charge is 0.256 e. The first kappa shape index (κ1) is 26.5. The first-order valence-electron chi connectivity index (χ1n) is 12.6. The van der Waals surface area contributed by atoms with E-state index in [1.807, 2.05) is 13.8 Å². The lowest BCUT2D eigenvalue weighted by molar-refractivity contribution is -0.128. The van der Waals surface area contributed by atoms with Crippen molar-refractivity contribution in [3.63, 3.8) is 0 Å². The van der Waals surface area contributed by atoms with Crippen LogP contribution in [0.3, 0.4) is 0 Å². The molecule has 2 heterocycles. The summed E-state index contributed by atoms with van der Waals surface area (Å²) in [5.74, 6) is 1.00. The summed E-state index contributed by atoms with van der Waals surface area (Å²) in [6.07, 6.45) is 0.815. The zero-order valence-corrected chi connectivity index (χ0v) is 21.9. The number of methoxy groups -OCH3 is 2. The molecular formula is C28H35N3O6. The van der Waals surface area contributed by atoms with Crippen LogP contribution < -0.4 is 14.8 Å². The van der Waals surface area contributed by atoms with Crippen molar-refractivity contribution in [2.24, 2.45) is 5.92 Å². The van der Waals surface area contributed by atoms with Gasteiger partial charge in [-0.25, -0.2) is 0 Å². The molecule has 2 aromatic rings. The lowest BCUT2D eigenvalue weighted by Gasteiger charge is -2.44. The van der Waals surface area contributed by atoms with Gasteiger partial charge in [0.25, 0.3) is 11.8 Å². The van der Waals surface area contributed by atoms with Crippen LogP contribution in [-0.2, 0) is 9.53 Å². The largest absolute Gasteiger partial charge is 0.497 e. The summed E-state index contributed by atoms with van der Waals surface area (Å²) in [6.45, 7) is 5.45. The maximum absolute atomic E-state index is 13.8. The lowest BCUT2D eigenvalue weighted by atomic mass is 9.96. The molecule has 3 amide bonds. The van der Waals surface area contributed by atoms with Crippen LogP contribution in [0, 0.1) is 5.92 Å². The number of carbonyl (C=O) groups excluding carboxylic acids is 3. The fraction of sp³-hybridized carbons (Fsp3) is 0.464. The molecule has 0 saturated carbocycles. The second-order valence-electron chi connectivity index (χ2n) is 9.84. The minimum atomic E-state index is -0.965. The van der Waals surface area contributed by atoms with E-state index in [1.165, 1.54) is 0 Å². The fourth-order valence-corrected chi connectivity index (χ4v) is 4.84. The number of amides is 3. The summed E-state index contributed by atoms with van der Waals surface area (Å²) in [5, 5.41) is 2.95. The Balaban J connectivity index is 1.54. The van der Waals surface area contributed by atoms with Crippen LogP contribution in [0.2, 0.25) is 0 Å². The maximum atomic E-state index is 13.8. The molecule has 1 N–H and O–H groups in total. The van der Waals surface area contributed by atoms with Crippen molar-refractivity contribution < 1.29 is 28.6 Å². The Morgan fingerprint density at radius 2 is 1.43 bits per heavy atom. The summed E-state index contributed by atoms with van der Waals surface area (Å²) >= 11 is 0. The van der Waals surface area contributed by atoms with Crippen LogP contribution >= 0.6 is 0 Å². The molecule has 2 aliphatic rings.